The van der Waals surface area contributed by atoms with Gasteiger partial charge in [-0.15, -0.1) is 0 Å². The van der Waals surface area contributed by atoms with Gasteiger partial charge in [-0.25, -0.2) is 4.79 Å². The van der Waals surface area contributed by atoms with Crippen molar-refractivity contribution >= 4 is 29.3 Å². The van der Waals surface area contributed by atoms with Crippen LogP contribution in [0, 0.1) is 11.3 Å². The van der Waals surface area contributed by atoms with Gasteiger partial charge in [-0.1, -0.05) is 17.8 Å². The molecule has 8 nitrogen and oxygen atoms in total. The van der Waals surface area contributed by atoms with Crippen molar-refractivity contribution in [2.24, 2.45) is 0 Å². The highest BCUT2D eigenvalue weighted by Crippen LogP contribution is 2.45. The molecular weight excluding hydrogens is 454 g/mol. The SMILES string of the molecule is CCOC(=O)c1ccc(N2CSC3=C(C#N)[C@H](c4ccc(OC)cc4OC)CC(=O)N3C2)cc1. The number of hydrogen-bond donors (Lipinski definition) is 0. The van der Waals surface area contributed by atoms with Crippen LogP contribution in [0.15, 0.2) is 53.1 Å². The van der Waals surface area contributed by atoms with E-state index in [1.165, 1.54) is 11.8 Å². The quantitative estimate of drug-likeness (QED) is 0.572. The Balaban J connectivity index is 1.60. The number of rotatable bonds is 6. The lowest BCUT2D eigenvalue weighted by Gasteiger charge is -2.42. The molecule has 1 amide bonds. The van der Waals surface area contributed by atoms with Crippen molar-refractivity contribution in [2.75, 3.05) is 38.3 Å². The average Bonchev–Trinajstić information content (AvgIpc) is 2.88. The fourth-order valence-electron chi connectivity index (χ4n) is 4.12. The number of esters is 1. The van der Waals surface area contributed by atoms with Gasteiger partial charge in [0, 0.05) is 29.7 Å². The van der Waals surface area contributed by atoms with Gasteiger partial charge < -0.3 is 19.1 Å². The smallest absolute Gasteiger partial charge is 0.338 e. The number of anilines is 1. The summed E-state index contributed by atoms with van der Waals surface area (Å²) >= 11 is 1.46. The average molecular weight is 480 g/mol. The minimum atomic E-state index is -0.382. The van der Waals surface area contributed by atoms with Gasteiger partial charge in [0.05, 0.1) is 55.6 Å². The van der Waals surface area contributed by atoms with Crippen molar-refractivity contribution < 1.29 is 23.8 Å². The predicted molar refractivity (Wildman–Crippen MR) is 129 cm³/mol. The summed E-state index contributed by atoms with van der Waals surface area (Å²) < 4.78 is 15.9. The Morgan fingerprint density at radius 3 is 2.59 bits per heavy atom. The molecule has 0 N–H and O–H groups in total. The van der Waals surface area contributed by atoms with E-state index in [4.69, 9.17) is 14.2 Å². The Hall–Kier alpha value is -3.64. The van der Waals surface area contributed by atoms with Crippen LogP contribution in [0.4, 0.5) is 5.69 Å². The first-order chi connectivity index (χ1) is 16.5. The van der Waals surface area contributed by atoms with Crippen LogP contribution in [-0.4, -0.2) is 50.1 Å². The number of amides is 1. The van der Waals surface area contributed by atoms with Crippen LogP contribution in [0.2, 0.25) is 0 Å². The van der Waals surface area contributed by atoms with Crippen molar-refractivity contribution in [3.63, 3.8) is 0 Å². The number of nitrogens with zero attached hydrogens (tertiary/aromatic N) is 3. The van der Waals surface area contributed by atoms with Gasteiger partial charge >= 0.3 is 5.97 Å². The Bertz CT molecular complexity index is 1170. The number of methoxy groups -OCH3 is 2. The summed E-state index contributed by atoms with van der Waals surface area (Å²) in [6.07, 6.45) is 0.172. The van der Waals surface area contributed by atoms with E-state index in [2.05, 4.69) is 6.07 Å². The summed E-state index contributed by atoms with van der Waals surface area (Å²) in [6, 6.07) is 14.9. The van der Waals surface area contributed by atoms with Crippen LogP contribution in [-0.2, 0) is 9.53 Å². The van der Waals surface area contributed by atoms with Crippen LogP contribution in [0.3, 0.4) is 0 Å². The van der Waals surface area contributed by atoms with Crippen molar-refractivity contribution in [1.82, 2.24) is 4.90 Å². The zero-order valence-corrected chi connectivity index (χ0v) is 20.1. The van der Waals surface area contributed by atoms with Gasteiger partial charge in [-0.2, -0.15) is 5.26 Å². The van der Waals surface area contributed by atoms with Crippen LogP contribution >= 0.6 is 11.8 Å². The summed E-state index contributed by atoms with van der Waals surface area (Å²) in [5, 5.41) is 10.7. The minimum absolute atomic E-state index is 0.0581. The molecule has 0 aliphatic carbocycles. The molecule has 2 aromatic carbocycles. The summed E-state index contributed by atoms with van der Waals surface area (Å²) in [5.41, 5.74) is 2.71. The van der Waals surface area contributed by atoms with E-state index in [9.17, 15) is 14.9 Å². The maximum Gasteiger partial charge on any atom is 0.338 e. The van der Waals surface area contributed by atoms with Crippen LogP contribution in [0.1, 0.15) is 35.2 Å². The third-order valence-corrected chi connectivity index (χ3v) is 7.01. The summed E-state index contributed by atoms with van der Waals surface area (Å²) in [7, 11) is 3.14. The van der Waals surface area contributed by atoms with Crippen molar-refractivity contribution in [3.8, 4) is 17.6 Å². The van der Waals surface area contributed by atoms with E-state index in [1.807, 2.05) is 29.2 Å². The molecule has 176 valence electrons. The molecule has 1 atom stereocenters. The van der Waals surface area contributed by atoms with Gasteiger partial charge in [0.25, 0.3) is 0 Å². The van der Waals surface area contributed by atoms with E-state index < -0.39 is 0 Å². The highest BCUT2D eigenvalue weighted by Gasteiger charge is 2.39. The number of ether oxygens (including phenoxy) is 3. The molecule has 1 saturated heterocycles. The fourth-order valence-corrected chi connectivity index (χ4v) is 5.29. The molecule has 4 rings (SSSR count). The molecule has 1 fully saturated rings. The monoisotopic (exact) mass is 479 g/mol. The predicted octanol–water partition coefficient (Wildman–Crippen LogP) is 4.10. The highest BCUT2D eigenvalue weighted by atomic mass is 32.2. The minimum Gasteiger partial charge on any atom is -0.497 e. The molecule has 0 radical (unpaired) electrons. The second-order valence-electron chi connectivity index (χ2n) is 7.74. The maximum absolute atomic E-state index is 13.2. The van der Waals surface area contributed by atoms with E-state index in [1.54, 1.807) is 44.2 Å². The van der Waals surface area contributed by atoms with Gasteiger partial charge in [-0.3, -0.25) is 9.69 Å². The lowest BCUT2D eigenvalue weighted by molar-refractivity contribution is -0.129. The molecule has 2 aliphatic heterocycles. The largest absolute Gasteiger partial charge is 0.497 e. The summed E-state index contributed by atoms with van der Waals surface area (Å²) in [4.78, 5) is 28.8. The molecule has 34 heavy (non-hydrogen) atoms. The molecule has 0 aromatic heterocycles. The van der Waals surface area contributed by atoms with Gasteiger partial charge in [0.15, 0.2) is 0 Å². The normalized spacial score (nSPS) is 17.7. The number of fused-ring (bicyclic) bond motifs is 1. The molecular formula is C25H25N3O5S. The maximum atomic E-state index is 13.2. The number of benzene rings is 2. The standard InChI is InChI=1S/C25H25N3O5S/c1-4-33-25(30)16-5-7-17(8-6-16)27-14-28-23(29)12-20(21(13-26)24(28)34-15-27)19-10-9-18(31-2)11-22(19)32-3/h5-11,20H,4,12,14-15H2,1-3H3/t20-/m0/s1. The van der Waals surface area contributed by atoms with E-state index >= 15 is 0 Å². The molecule has 0 bridgehead atoms. The van der Waals surface area contributed by atoms with E-state index in [0.717, 1.165) is 11.3 Å². The van der Waals surface area contributed by atoms with E-state index in [0.29, 0.717) is 46.8 Å². The first-order valence-electron chi connectivity index (χ1n) is 10.8. The zero-order valence-electron chi connectivity index (χ0n) is 19.2. The Morgan fingerprint density at radius 1 is 1.18 bits per heavy atom. The first-order valence-corrected chi connectivity index (χ1v) is 11.8. The van der Waals surface area contributed by atoms with Crippen LogP contribution < -0.4 is 14.4 Å². The van der Waals surface area contributed by atoms with Crippen LogP contribution in [0.25, 0.3) is 0 Å². The Morgan fingerprint density at radius 2 is 1.94 bits per heavy atom. The molecule has 9 heteroatoms. The molecule has 2 heterocycles. The molecule has 2 aromatic rings. The van der Waals surface area contributed by atoms with Crippen molar-refractivity contribution in [3.05, 3.63) is 64.2 Å². The summed E-state index contributed by atoms with van der Waals surface area (Å²) in [5.74, 6) is 0.993. The fraction of sp³-hybridized carbons (Fsp3) is 0.320. The number of hydrogen-bond acceptors (Lipinski definition) is 8. The number of nitriles is 1. The number of carbonyl (C=O) groups excluding carboxylic acids is 2. The Kier molecular flexibility index (Phi) is 6.98. The third-order valence-electron chi connectivity index (χ3n) is 5.85. The first kappa shape index (κ1) is 23.5. The number of carbonyl (C=O) groups is 2. The van der Waals surface area contributed by atoms with Crippen molar-refractivity contribution in [2.45, 2.75) is 19.3 Å². The second kappa shape index (κ2) is 10.1. The number of thioether (sulfide) groups is 1. The molecule has 2 aliphatic rings. The lowest BCUT2D eigenvalue weighted by atomic mass is 9.86. The third kappa shape index (κ3) is 4.41. The zero-order chi connectivity index (χ0) is 24.2. The molecule has 0 unspecified atom stereocenters. The Labute approximate surface area is 202 Å². The topological polar surface area (TPSA) is 92.1 Å². The number of allylic oxidation sites excluding steroid dienone is 1. The van der Waals surface area contributed by atoms with Crippen LogP contribution in [0.5, 0.6) is 11.5 Å². The molecule has 0 spiro atoms. The van der Waals surface area contributed by atoms with Gasteiger partial charge in [0.2, 0.25) is 5.91 Å². The van der Waals surface area contributed by atoms with Gasteiger partial charge in [-0.05, 0) is 37.3 Å². The molecule has 0 saturated carbocycles. The van der Waals surface area contributed by atoms with E-state index in [-0.39, 0.29) is 24.2 Å². The highest BCUT2D eigenvalue weighted by molar-refractivity contribution is 8.03. The van der Waals surface area contributed by atoms with Crippen molar-refractivity contribution in [1.29, 1.82) is 5.26 Å². The van der Waals surface area contributed by atoms with Gasteiger partial charge in [0.1, 0.15) is 11.5 Å². The summed E-state index contributed by atoms with van der Waals surface area (Å²) in [6.45, 7) is 2.42. The second-order valence-corrected chi connectivity index (χ2v) is 8.67. The lowest BCUT2D eigenvalue weighted by Crippen LogP contribution is -2.47.